The molecule has 0 saturated carbocycles. The molecule has 0 bridgehead atoms. The van der Waals surface area contributed by atoms with E-state index in [1.165, 1.54) is 5.56 Å². The van der Waals surface area contributed by atoms with Crippen LogP contribution in [0.25, 0.3) is 0 Å². The maximum Gasteiger partial charge on any atom is 0.320 e. The van der Waals surface area contributed by atoms with Crippen molar-refractivity contribution in [1.82, 2.24) is 0 Å². The van der Waals surface area contributed by atoms with Gasteiger partial charge in [0, 0.05) is 17.7 Å². The molecule has 0 fully saturated rings. The predicted molar refractivity (Wildman–Crippen MR) is 133 cm³/mol. The summed E-state index contributed by atoms with van der Waals surface area (Å²) < 4.78 is 0. The van der Waals surface area contributed by atoms with E-state index in [1.807, 2.05) is 25.1 Å². The van der Waals surface area contributed by atoms with Crippen molar-refractivity contribution in [3.8, 4) is 0 Å². The zero-order valence-electron chi connectivity index (χ0n) is 19.4. The molecule has 33 heavy (non-hydrogen) atoms. The van der Waals surface area contributed by atoms with E-state index in [1.54, 1.807) is 24.3 Å². The molecule has 8 heteroatoms. The number of benzene rings is 2. The Labute approximate surface area is 196 Å². The molecule has 8 N–H and O–H groups in total. The number of anilines is 1. The number of carboxylic acids is 1. The van der Waals surface area contributed by atoms with E-state index in [4.69, 9.17) is 22.3 Å². The number of hydrogen-bond donors (Lipinski definition) is 5. The molecule has 2 aromatic rings. The molecule has 8 nitrogen and oxygen atoms in total. The third-order valence-corrected chi connectivity index (χ3v) is 4.37. The van der Waals surface area contributed by atoms with Gasteiger partial charge in [0.05, 0.1) is 0 Å². The monoisotopic (exact) mass is 458 g/mol. The number of nitrogens with one attached hydrogen (secondary N) is 1. The van der Waals surface area contributed by atoms with Gasteiger partial charge in [0.15, 0.2) is 0 Å². The van der Waals surface area contributed by atoms with Crippen LogP contribution in [0.5, 0.6) is 0 Å². The summed E-state index contributed by atoms with van der Waals surface area (Å²) in [7, 11) is 0. The summed E-state index contributed by atoms with van der Waals surface area (Å²) in [6.45, 7) is 3.30. The van der Waals surface area contributed by atoms with Crippen LogP contribution < -0.4 is 22.5 Å². The Morgan fingerprint density at radius 2 is 1.64 bits per heavy atom. The first-order valence-corrected chi connectivity index (χ1v) is 11.1. The highest BCUT2D eigenvalue weighted by molar-refractivity contribution is 5.91. The molecular formula is C25H38N4O4. The fraction of sp³-hybridized carbons (Fsp3) is 0.400. The van der Waals surface area contributed by atoms with Crippen LogP contribution >= 0.6 is 0 Å². The van der Waals surface area contributed by atoms with Crippen LogP contribution in [0.15, 0.2) is 54.6 Å². The summed E-state index contributed by atoms with van der Waals surface area (Å²) in [6, 6.07) is 16.3. The second-order valence-corrected chi connectivity index (χ2v) is 7.29. The van der Waals surface area contributed by atoms with Crippen LogP contribution in [0.3, 0.4) is 0 Å². The van der Waals surface area contributed by atoms with Crippen LogP contribution in [-0.4, -0.2) is 42.4 Å². The Morgan fingerprint density at radius 3 is 2.12 bits per heavy atom. The minimum absolute atomic E-state index is 0.00588. The number of carbonyl (C=O) groups excluding carboxylic acids is 2. The van der Waals surface area contributed by atoms with Crippen LogP contribution in [0, 0.1) is 0 Å². The Balaban J connectivity index is 0.000000481. The molecule has 0 aliphatic rings. The largest absolute Gasteiger partial charge is 0.480 e. The van der Waals surface area contributed by atoms with E-state index in [-0.39, 0.29) is 5.91 Å². The molecule has 2 aromatic carbocycles. The standard InChI is InChI=1S/C11H13NO2.C8H11N.C6H14N2O2/c1-2-3-11(14)12-10-6-4-9(8-13)5-7-10;9-7-6-8-4-2-1-3-5-8;7-4-2-1-3-5(8)6(9)10/h4-8H,2-3H2,1H3,(H,12,14);1-5H,6-7,9H2;5H,1-4,7-8H2,(H,9,10)/t;;5-/m..0/s1. The summed E-state index contributed by atoms with van der Waals surface area (Å²) in [6.07, 6.45) is 5.28. The second kappa shape index (κ2) is 19.6. The van der Waals surface area contributed by atoms with Crippen LogP contribution in [0.1, 0.15) is 54.9 Å². The number of unbranched alkanes of at least 4 members (excludes halogenated alkanes) is 1. The van der Waals surface area contributed by atoms with E-state index in [0.29, 0.717) is 24.9 Å². The highest BCUT2D eigenvalue weighted by Gasteiger charge is 2.09. The Bertz CT molecular complexity index is 783. The number of hydrogen-bond acceptors (Lipinski definition) is 6. The van der Waals surface area contributed by atoms with Crippen molar-refractivity contribution in [2.24, 2.45) is 17.2 Å². The fourth-order valence-corrected chi connectivity index (χ4v) is 2.54. The molecule has 0 radical (unpaired) electrons. The van der Waals surface area contributed by atoms with Gasteiger partial charge in [-0.25, -0.2) is 0 Å². The van der Waals surface area contributed by atoms with Crippen molar-refractivity contribution >= 4 is 23.9 Å². The molecule has 0 aliphatic heterocycles. The maximum absolute atomic E-state index is 11.2. The van der Waals surface area contributed by atoms with E-state index in [0.717, 1.165) is 44.2 Å². The van der Waals surface area contributed by atoms with Gasteiger partial charge < -0.3 is 27.6 Å². The minimum Gasteiger partial charge on any atom is -0.480 e. The van der Waals surface area contributed by atoms with Gasteiger partial charge in [-0.2, -0.15) is 0 Å². The maximum atomic E-state index is 11.2. The first-order chi connectivity index (χ1) is 15.9. The van der Waals surface area contributed by atoms with Crippen molar-refractivity contribution in [2.75, 3.05) is 18.4 Å². The first kappa shape index (κ1) is 29.9. The number of rotatable bonds is 11. The summed E-state index contributed by atoms with van der Waals surface area (Å²) in [5.74, 6) is -0.927. The Kier molecular flexibility index (Phi) is 17.8. The zero-order valence-corrected chi connectivity index (χ0v) is 19.4. The SMILES string of the molecule is CCCC(=O)Nc1ccc(C=O)cc1.NCCCC[C@H](N)C(=O)O.NCCc1ccccc1. The summed E-state index contributed by atoms with van der Waals surface area (Å²) in [5, 5.41) is 11.1. The van der Waals surface area contributed by atoms with Gasteiger partial charge in [0.2, 0.25) is 5.91 Å². The van der Waals surface area contributed by atoms with Gasteiger partial charge in [-0.3, -0.25) is 14.4 Å². The highest BCUT2D eigenvalue weighted by atomic mass is 16.4. The third-order valence-electron chi connectivity index (χ3n) is 4.37. The molecule has 2 rings (SSSR count). The average Bonchev–Trinajstić information content (AvgIpc) is 2.81. The second-order valence-electron chi connectivity index (χ2n) is 7.29. The quantitative estimate of drug-likeness (QED) is 0.255. The molecule has 0 saturated heterocycles. The molecular weight excluding hydrogens is 420 g/mol. The van der Waals surface area contributed by atoms with Crippen molar-refractivity contribution in [1.29, 1.82) is 0 Å². The van der Waals surface area contributed by atoms with Crippen LogP contribution in [-0.2, 0) is 16.0 Å². The van der Waals surface area contributed by atoms with Crippen molar-refractivity contribution in [2.45, 2.75) is 51.5 Å². The lowest BCUT2D eigenvalue weighted by Crippen LogP contribution is -2.29. The van der Waals surface area contributed by atoms with Gasteiger partial charge in [0.25, 0.3) is 0 Å². The van der Waals surface area contributed by atoms with Gasteiger partial charge in [-0.05, 0) is 68.6 Å². The summed E-state index contributed by atoms with van der Waals surface area (Å²) in [5.41, 5.74) is 18.4. The van der Waals surface area contributed by atoms with Gasteiger partial charge in [0.1, 0.15) is 12.3 Å². The van der Waals surface area contributed by atoms with Gasteiger partial charge >= 0.3 is 5.97 Å². The molecule has 182 valence electrons. The van der Waals surface area contributed by atoms with Gasteiger partial charge in [-0.1, -0.05) is 43.7 Å². The van der Waals surface area contributed by atoms with Gasteiger partial charge in [-0.15, -0.1) is 0 Å². The lowest BCUT2D eigenvalue weighted by Gasteiger charge is -2.03. The van der Waals surface area contributed by atoms with E-state index in [2.05, 4.69) is 17.4 Å². The number of carbonyl (C=O) groups is 3. The zero-order chi connectivity index (χ0) is 24.9. The van der Waals surface area contributed by atoms with Crippen LogP contribution in [0.2, 0.25) is 0 Å². The van der Waals surface area contributed by atoms with Crippen molar-refractivity contribution in [3.63, 3.8) is 0 Å². The Hall–Kier alpha value is -3.07. The third kappa shape index (κ3) is 16.3. The minimum atomic E-state index is -0.933. The molecule has 1 amide bonds. The predicted octanol–water partition coefficient (Wildman–Crippen LogP) is 2.95. The molecule has 0 unspecified atom stereocenters. The molecule has 0 aliphatic carbocycles. The number of aliphatic carboxylic acids is 1. The van der Waals surface area contributed by atoms with E-state index >= 15 is 0 Å². The van der Waals surface area contributed by atoms with E-state index < -0.39 is 12.0 Å². The molecule has 0 heterocycles. The number of aldehydes is 1. The average molecular weight is 459 g/mol. The fourth-order valence-electron chi connectivity index (χ4n) is 2.54. The Morgan fingerprint density at radius 1 is 1.00 bits per heavy atom. The lowest BCUT2D eigenvalue weighted by molar-refractivity contribution is -0.138. The summed E-state index contributed by atoms with van der Waals surface area (Å²) >= 11 is 0. The summed E-state index contributed by atoms with van der Waals surface area (Å²) in [4.78, 5) is 31.7. The highest BCUT2D eigenvalue weighted by Crippen LogP contribution is 2.08. The lowest BCUT2D eigenvalue weighted by atomic mass is 10.1. The number of carboxylic acid groups (broad SMARTS) is 1. The molecule has 0 spiro atoms. The van der Waals surface area contributed by atoms with Crippen molar-refractivity contribution < 1.29 is 19.5 Å². The number of amides is 1. The smallest absolute Gasteiger partial charge is 0.320 e. The molecule has 0 aromatic heterocycles. The normalized spacial score (nSPS) is 10.5. The molecule has 1 atom stereocenters. The van der Waals surface area contributed by atoms with Crippen molar-refractivity contribution in [3.05, 3.63) is 65.7 Å². The number of nitrogens with two attached hydrogens (primary N) is 3. The van der Waals surface area contributed by atoms with E-state index in [9.17, 15) is 14.4 Å². The topological polar surface area (TPSA) is 162 Å². The first-order valence-electron chi connectivity index (χ1n) is 11.1. The van der Waals surface area contributed by atoms with Crippen LogP contribution in [0.4, 0.5) is 5.69 Å².